The first-order valence-electron chi connectivity index (χ1n) is 9.16. The molecule has 0 saturated carbocycles. The number of benzene rings is 3. The summed E-state index contributed by atoms with van der Waals surface area (Å²) in [5, 5.41) is 0. The fourth-order valence-corrected chi connectivity index (χ4v) is 3.23. The summed E-state index contributed by atoms with van der Waals surface area (Å²) in [7, 11) is 0. The van der Waals surface area contributed by atoms with E-state index in [1.54, 1.807) is 30.4 Å². The molecule has 0 bridgehead atoms. The lowest BCUT2D eigenvalue weighted by atomic mass is 9.98. The number of primary amides is 1. The topological polar surface area (TPSA) is 71.8 Å². The third kappa shape index (κ3) is 4.18. The minimum Gasteiger partial charge on any atom is -0.366 e. The van der Waals surface area contributed by atoms with E-state index in [2.05, 4.69) is 9.97 Å². The molecule has 3 N–H and O–H groups in total. The minimum absolute atomic E-state index is 0.187. The third-order valence-electron chi connectivity index (χ3n) is 4.74. The maximum absolute atomic E-state index is 14.7. The number of amides is 1. The van der Waals surface area contributed by atoms with Crippen LogP contribution in [0.2, 0.25) is 0 Å². The number of nitrogens with zero attached hydrogens (tertiary/aromatic N) is 1. The molecule has 0 atom stereocenters. The number of hydrogen-bond donors (Lipinski definition) is 2. The molecule has 3 aromatic carbocycles. The lowest BCUT2D eigenvalue weighted by molar-refractivity contribution is -0.137. The molecule has 4 nitrogen and oxygen atoms in total. The summed E-state index contributed by atoms with van der Waals surface area (Å²) in [5.74, 6) is -0.824. The van der Waals surface area contributed by atoms with Crippen molar-refractivity contribution < 1.29 is 22.4 Å². The summed E-state index contributed by atoms with van der Waals surface area (Å²) in [6, 6.07) is 13.9. The zero-order valence-electron chi connectivity index (χ0n) is 15.9. The van der Waals surface area contributed by atoms with Gasteiger partial charge in [-0.05, 0) is 41.5 Å². The number of rotatable bonds is 4. The molecule has 31 heavy (non-hydrogen) atoms. The molecule has 4 aromatic rings. The Morgan fingerprint density at radius 2 is 1.68 bits per heavy atom. The smallest absolute Gasteiger partial charge is 0.366 e. The van der Waals surface area contributed by atoms with Crippen LogP contribution in [0.1, 0.15) is 27.3 Å². The Balaban J connectivity index is 1.67. The van der Waals surface area contributed by atoms with E-state index in [1.807, 2.05) is 0 Å². The quantitative estimate of drug-likeness (QED) is 0.415. The number of nitrogens with one attached hydrogen (secondary N) is 1. The summed E-state index contributed by atoms with van der Waals surface area (Å²) in [5.41, 5.74) is 6.85. The zero-order valence-corrected chi connectivity index (χ0v) is 15.9. The molecule has 1 heterocycles. The van der Waals surface area contributed by atoms with Crippen molar-refractivity contribution in [2.75, 3.05) is 0 Å². The predicted octanol–water partition coefficient (Wildman–Crippen LogP) is 5.66. The van der Waals surface area contributed by atoms with Crippen LogP contribution in [0, 0.1) is 5.82 Å². The second kappa shape index (κ2) is 7.71. The number of H-pyrrole nitrogens is 1. The molecule has 1 amide bonds. The summed E-state index contributed by atoms with van der Waals surface area (Å²) in [6.07, 6.45) is -1.22. The lowest BCUT2D eigenvalue weighted by Crippen LogP contribution is -2.12. The van der Waals surface area contributed by atoms with Gasteiger partial charge in [-0.1, -0.05) is 36.4 Å². The number of hydrogen-bond acceptors (Lipinski definition) is 2. The number of aromatic amines is 1. The van der Waals surface area contributed by atoms with E-state index in [0.717, 1.165) is 12.1 Å². The van der Waals surface area contributed by atoms with E-state index < -0.39 is 23.5 Å². The molecule has 0 spiro atoms. The van der Waals surface area contributed by atoms with Gasteiger partial charge in [0.25, 0.3) is 0 Å². The first-order valence-corrected chi connectivity index (χ1v) is 9.16. The number of fused-ring (bicyclic) bond motifs is 1. The van der Waals surface area contributed by atoms with Crippen molar-refractivity contribution in [3.05, 3.63) is 89.0 Å². The largest absolute Gasteiger partial charge is 0.416 e. The summed E-state index contributed by atoms with van der Waals surface area (Å²) in [6.45, 7) is 0. The Hall–Kier alpha value is -3.94. The van der Waals surface area contributed by atoms with Gasteiger partial charge in [0.1, 0.15) is 11.6 Å². The number of nitrogens with two attached hydrogens (primary N) is 1. The summed E-state index contributed by atoms with van der Waals surface area (Å²) in [4.78, 5) is 19.0. The highest BCUT2D eigenvalue weighted by Crippen LogP contribution is 2.31. The van der Waals surface area contributed by atoms with E-state index in [4.69, 9.17) is 5.73 Å². The van der Waals surface area contributed by atoms with Crippen LogP contribution in [0.25, 0.3) is 34.3 Å². The van der Waals surface area contributed by atoms with Crippen molar-refractivity contribution >= 4 is 29.1 Å². The molecule has 0 radical (unpaired) electrons. The third-order valence-corrected chi connectivity index (χ3v) is 4.74. The van der Waals surface area contributed by atoms with Gasteiger partial charge >= 0.3 is 6.18 Å². The van der Waals surface area contributed by atoms with Crippen molar-refractivity contribution in [3.8, 4) is 11.1 Å². The van der Waals surface area contributed by atoms with Crippen LogP contribution in [0.5, 0.6) is 0 Å². The molecule has 0 aliphatic carbocycles. The van der Waals surface area contributed by atoms with Gasteiger partial charge in [0.2, 0.25) is 5.91 Å². The molecule has 4 rings (SSSR count). The molecular weight excluding hydrogens is 410 g/mol. The van der Waals surface area contributed by atoms with Crippen LogP contribution in [0.3, 0.4) is 0 Å². The zero-order chi connectivity index (χ0) is 22.2. The second-order valence-electron chi connectivity index (χ2n) is 6.83. The fourth-order valence-electron chi connectivity index (χ4n) is 3.23. The first-order chi connectivity index (χ1) is 14.7. The molecule has 0 saturated heterocycles. The average Bonchev–Trinajstić information content (AvgIpc) is 3.13. The van der Waals surface area contributed by atoms with E-state index in [1.165, 1.54) is 30.3 Å². The lowest BCUT2D eigenvalue weighted by Gasteiger charge is -2.08. The van der Waals surface area contributed by atoms with Gasteiger partial charge in [-0.3, -0.25) is 4.79 Å². The maximum atomic E-state index is 14.7. The molecular formula is C23H15F4N3O. The van der Waals surface area contributed by atoms with Crippen LogP contribution >= 0.6 is 0 Å². The Morgan fingerprint density at radius 3 is 2.35 bits per heavy atom. The highest BCUT2D eigenvalue weighted by atomic mass is 19.4. The van der Waals surface area contributed by atoms with Gasteiger partial charge in [0, 0.05) is 17.2 Å². The molecule has 0 aliphatic rings. The van der Waals surface area contributed by atoms with Crippen LogP contribution in [-0.2, 0) is 6.18 Å². The minimum atomic E-state index is -4.39. The SMILES string of the molecule is NC(=O)c1ccccc1-c1cc2nc(/C=C/c3ccc(C(F)(F)F)cc3)[nH]c2cc1F. The van der Waals surface area contributed by atoms with Crippen LogP contribution < -0.4 is 5.73 Å². The Morgan fingerprint density at radius 1 is 0.968 bits per heavy atom. The highest BCUT2D eigenvalue weighted by molar-refractivity contribution is 6.00. The molecule has 1 aromatic heterocycles. The van der Waals surface area contributed by atoms with Crippen LogP contribution in [0.4, 0.5) is 17.6 Å². The van der Waals surface area contributed by atoms with Gasteiger partial charge in [-0.15, -0.1) is 0 Å². The second-order valence-corrected chi connectivity index (χ2v) is 6.83. The Kier molecular flexibility index (Phi) is 5.06. The van der Waals surface area contributed by atoms with E-state index in [-0.39, 0.29) is 11.1 Å². The van der Waals surface area contributed by atoms with Gasteiger partial charge in [-0.2, -0.15) is 13.2 Å². The molecule has 0 aliphatic heterocycles. The Labute approximate surface area is 174 Å². The standard InChI is InChI=1S/C23H15F4N3O/c24-18-12-20-19(11-17(18)15-3-1-2-4-16(15)22(28)31)29-21(30-20)10-7-13-5-8-14(9-6-13)23(25,26)27/h1-12H,(H2,28,31)(H,29,30)/b10-7+. The van der Waals surface area contributed by atoms with E-state index in [0.29, 0.717) is 28.0 Å². The molecule has 8 heteroatoms. The number of imidazole rings is 1. The van der Waals surface area contributed by atoms with Crippen LogP contribution in [0.15, 0.2) is 60.7 Å². The molecule has 0 fully saturated rings. The maximum Gasteiger partial charge on any atom is 0.416 e. The van der Waals surface area contributed by atoms with Gasteiger partial charge < -0.3 is 10.7 Å². The summed E-state index contributed by atoms with van der Waals surface area (Å²) < 4.78 is 52.7. The monoisotopic (exact) mass is 425 g/mol. The number of aromatic nitrogens is 2. The molecule has 156 valence electrons. The normalized spacial score (nSPS) is 12.0. The van der Waals surface area contributed by atoms with E-state index in [9.17, 15) is 22.4 Å². The number of halogens is 4. The predicted molar refractivity (Wildman–Crippen MR) is 110 cm³/mol. The molecule has 0 unspecified atom stereocenters. The highest BCUT2D eigenvalue weighted by Gasteiger charge is 2.29. The van der Waals surface area contributed by atoms with Gasteiger partial charge in [-0.25, -0.2) is 9.37 Å². The van der Waals surface area contributed by atoms with Crippen molar-refractivity contribution in [1.82, 2.24) is 9.97 Å². The number of alkyl halides is 3. The van der Waals surface area contributed by atoms with Crippen LogP contribution in [-0.4, -0.2) is 15.9 Å². The number of carbonyl (C=O) groups excluding carboxylic acids is 1. The fraction of sp³-hybridized carbons (Fsp3) is 0.0435. The van der Waals surface area contributed by atoms with Crippen molar-refractivity contribution in [3.63, 3.8) is 0 Å². The Bertz CT molecular complexity index is 1300. The van der Waals surface area contributed by atoms with Crippen molar-refractivity contribution in [2.45, 2.75) is 6.18 Å². The van der Waals surface area contributed by atoms with Crippen molar-refractivity contribution in [1.29, 1.82) is 0 Å². The first kappa shape index (κ1) is 20.3. The summed E-state index contributed by atoms with van der Waals surface area (Å²) >= 11 is 0. The van der Waals surface area contributed by atoms with E-state index >= 15 is 0 Å². The number of carbonyl (C=O) groups is 1. The van der Waals surface area contributed by atoms with Gasteiger partial charge in [0.15, 0.2) is 0 Å². The average molecular weight is 425 g/mol. The van der Waals surface area contributed by atoms with Crippen molar-refractivity contribution in [2.24, 2.45) is 5.73 Å². The van der Waals surface area contributed by atoms with Gasteiger partial charge in [0.05, 0.1) is 16.6 Å².